The summed E-state index contributed by atoms with van der Waals surface area (Å²) >= 11 is 0. The minimum absolute atomic E-state index is 0.226. The number of primary amides is 1. The van der Waals surface area contributed by atoms with Crippen LogP contribution in [0.2, 0.25) is 0 Å². The molecule has 0 fully saturated rings. The molecule has 0 bridgehead atoms. The highest BCUT2D eigenvalue weighted by Crippen LogP contribution is 2.05. The lowest BCUT2D eigenvalue weighted by atomic mass is 10.0. The molecule has 7 nitrogen and oxygen atoms in total. The zero-order valence-corrected chi connectivity index (χ0v) is 11.2. The Morgan fingerprint density at radius 2 is 1.94 bits per heavy atom. The van der Waals surface area contributed by atoms with Gasteiger partial charge in [0, 0.05) is 0 Å². The first-order valence-corrected chi connectivity index (χ1v) is 5.95. The first kappa shape index (κ1) is 16.2. The van der Waals surface area contributed by atoms with E-state index in [0.29, 0.717) is 6.42 Å². The number of aliphatic hydroxyl groups is 1. The minimum atomic E-state index is -1.31. The van der Waals surface area contributed by atoms with Gasteiger partial charge in [0.15, 0.2) is 6.35 Å². The van der Waals surface area contributed by atoms with Gasteiger partial charge in [-0.2, -0.15) is 0 Å². The normalized spacial score (nSPS) is 16.4. The highest BCUT2D eigenvalue weighted by Gasteiger charge is 2.22. The monoisotopic (exact) mass is 264 g/mol. The second-order valence-electron chi connectivity index (χ2n) is 4.18. The fourth-order valence-corrected chi connectivity index (χ4v) is 1.53. The quantitative estimate of drug-likeness (QED) is 0.269. The number of hydrogen-bond acceptors (Lipinski definition) is 5. The molecule has 100 valence electrons. The van der Waals surface area contributed by atoms with Gasteiger partial charge in [0.2, 0.25) is 11.8 Å². The second-order valence-corrected chi connectivity index (χ2v) is 4.85. The SMILES string of the molecule is CC(C)C[C@H](NC(=O)[C@@H](P)NC(N)O)C(N)=O. The smallest absolute Gasteiger partial charge is 0.241 e. The standard InChI is InChI=1S/C9H21N4O3P/c1-4(2)3-5(6(10)14)12-7(15)8(17)13-9(11)16/h4-5,8-9,13,16H,3,11,17H2,1-2H3,(H2,10,14)(H,12,15)/t5-,8+,9?/m0/s1. The molecule has 0 radical (unpaired) electrons. The summed E-state index contributed by atoms with van der Waals surface area (Å²) in [6, 6.07) is -0.720. The van der Waals surface area contributed by atoms with Crippen molar-refractivity contribution in [2.75, 3.05) is 0 Å². The first-order valence-electron chi connectivity index (χ1n) is 5.29. The number of carbonyl (C=O) groups is 2. The van der Waals surface area contributed by atoms with Crippen molar-refractivity contribution >= 4 is 21.1 Å². The molecule has 17 heavy (non-hydrogen) atoms. The zero-order valence-electron chi connectivity index (χ0n) is 10.0. The van der Waals surface area contributed by atoms with Crippen LogP contribution in [0.25, 0.3) is 0 Å². The number of aliphatic hydroxyl groups excluding tert-OH is 1. The molecule has 0 rings (SSSR count). The van der Waals surface area contributed by atoms with E-state index in [4.69, 9.17) is 16.6 Å². The Labute approximate surface area is 103 Å². The van der Waals surface area contributed by atoms with Crippen molar-refractivity contribution in [3.8, 4) is 0 Å². The molecule has 0 aliphatic rings. The maximum absolute atomic E-state index is 11.6. The Morgan fingerprint density at radius 3 is 2.29 bits per heavy atom. The van der Waals surface area contributed by atoms with Crippen molar-refractivity contribution in [2.45, 2.75) is 38.4 Å². The molecule has 0 aliphatic heterocycles. The van der Waals surface area contributed by atoms with Crippen molar-refractivity contribution < 1.29 is 14.7 Å². The van der Waals surface area contributed by atoms with Gasteiger partial charge >= 0.3 is 0 Å². The van der Waals surface area contributed by atoms with Crippen molar-refractivity contribution in [2.24, 2.45) is 17.4 Å². The lowest BCUT2D eigenvalue weighted by Crippen LogP contribution is -2.53. The largest absolute Gasteiger partial charge is 0.368 e. The molecule has 2 unspecified atom stereocenters. The summed E-state index contributed by atoms with van der Waals surface area (Å²) in [6.07, 6.45) is -0.843. The maximum atomic E-state index is 11.6. The van der Waals surface area contributed by atoms with Crippen LogP contribution in [0.5, 0.6) is 0 Å². The van der Waals surface area contributed by atoms with Gasteiger partial charge in [-0.3, -0.25) is 20.6 Å². The summed E-state index contributed by atoms with van der Waals surface area (Å²) in [4.78, 5) is 22.7. The van der Waals surface area contributed by atoms with E-state index >= 15 is 0 Å². The van der Waals surface area contributed by atoms with Gasteiger partial charge in [0.05, 0.1) is 0 Å². The van der Waals surface area contributed by atoms with Crippen LogP contribution in [0.15, 0.2) is 0 Å². The van der Waals surface area contributed by atoms with Crippen LogP contribution in [-0.2, 0) is 9.59 Å². The van der Waals surface area contributed by atoms with E-state index in [1.54, 1.807) is 0 Å². The number of rotatable bonds is 7. The van der Waals surface area contributed by atoms with E-state index in [1.165, 1.54) is 0 Å². The molecular weight excluding hydrogens is 243 g/mol. The van der Waals surface area contributed by atoms with Gasteiger partial charge in [0.1, 0.15) is 11.8 Å². The molecule has 0 aliphatic carbocycles. The third-order valence-corrected chi connectivity index (χ3v) is 2.50. The molecule has 0 aromatic heterocycles. The van der Waals surface area contributed by atoms with E-state index in [1.807, 2.05) is 13.8 Å². The predicted octanol–water partition coefficient (Wildman–Crippen LogP) is -1.97. The Hall–Kier alpha value is -0.750. The minimum Gasteiger partial charge on any atom is -0.368 e. The number of amides is 2. The van der Waals surface area contributed by atoms with E-state index in [2.05, 4.69) is 19.9 Å². The van der Waals surface area contributed by atoms with Crippen LogP contribution in [0.4, 0.5) is 0 Å². The molecule has 0 saturated carbocycles. The maximum Gasteiger partial charge on any atom is 0.241 e. The molecule has 0 saturated heterocycles. The highest BCUT2D eigenvalue weighted by molar-refractivity contribution is 7.19. The lowest BCUT2D eigenvalue weighted by molar-refractivity contribution is -0.128. The number of hydrogen-bond donors (Lipinski definition) is 5. The molecular formula is C9H21N4O3P. The van der Waals surface area contributed by atoms with E-state index in [9.17, 15) is 9.59 Å². The first-order chi connectivity index (χ1) is 7.73. The number of carbonyl (C=O) groups excluding carboxylic acids is 2. The Balaban J connectivity index is 4.35. The summed E-state index contributed by atoms with van der Waals surface area (Å²) in [6.45, 7) is 3.84. The van der Waals surface area contributed by atoms with Crippen molar-refractivity contribution in [1.82, 2.24) is 10.6 Å². The molecule has 0 aromatic carbocycles. The molecule has 0 heterocycles. The van der Waals surface area contributed by atoms with E-state index in [0.717, 1.165) is 0 Å². The van der Waals surface area contributed by atoms with Gasteiger partial charge in [-0.05, 0) is 12.3 Å². The van der Waals surface area contributed by atoms with Gasteiger partial charge in [-0.1, -0.05) is 13.8 Å². The fraction of sp³-hybridized carbons (Fsp3) is 0.778. The third kappa shape index (κ3) is 7.23. The zero-order chi connectivity index (χ0) is 13.6. The molecule has 0 spiro atoms. The van der Waals surface area contributed by atoms with Crippen LogP contribution < -0.4 is 22.1 Å². The third-order valence-electron chi connectivity index (χ3n) is 2.00. The summed E-state index contributed by atoms with van der Waals surface area (Å²) < 4.78 is 0. The Morgan fingerprint density at radius 1 is 1.41 bits per heavy atom. The highest BCUT2D eigenvalue weighted by atomic mass is 31.0. The number of nitrogens with two attached hydrogens (primary N) is 2. The summed E-state index contributed by atoms with van der Waals surface area (Å²) in [5.41, 5.74) is 10.2. The summed E-state index contributed by atoms with van der Waals surface area (Å²) in [5.74, 6) is -1.62. The lowest BCUT2D eigenvalue weighted by Gasteiger charge is -2.21. The molecule has 8 heteroatoms. The summed E-state index contributed by atoms with van der Waals surface area (Å²) in [5, 5.41) is 13.7. The predicted molar refractivity (Wildman–Crippen MR) is 67.4 cm³/mol. The Kier molecular flexibility index (Phi) is 7.22. The van der Waals surface area contributed by atoms with Crippen molar-refractivity contribution in [1.29, 1.82) is 0 Å². The second kappa shape index (κ2) is 7.55. The average Bonchev–Trinajstić information content (AvgIpc) is 2.14. The van der Waals surface area contributed by atoms with Crippen LogP contribution in [0.1, 0.15) is 20.3 Å². The van der Waals surface area contributed by atoms with E-state index in [-0.39, 0.29) is 5.92 Å². The fourth-order valence-electron chi connectivity index (χ4n) is 1.24. The van der Waals surface area contributed by atoms with Crippen LogP contribution in [0, 0.1) is 5.92 Å². The molecule has 4 atom stereocenters. The molecule has 2 amide bonds. The van der Waals surface area contributed by atoms with Gasteiger partial charge in [-0.25, -0.2) is 0 Å². The topological polar surface area (TPSA) is 130 Å². The number of nitrogens with one attached hydrogen (secondary N) is 2. The van der Waals surface area contributed by atoms with E-state index < -0.39 is 30.0 Å². The molecule has 7 N–H and O–H groups in total. The molecule has 0 aromatic rings. The van der Waals surface area contributed by atoms with Crippen molar-refractivity contribution in [3.63, 3.8) is 0 Å². The average molecular weight is 264 g/mol. The van der Waals surface area contributed by atoms with Crippen LogP contribution in [0.3, 0.4) is 0 Å². The van der Waals surface area contributed by atoms with Gasteiger partial charge in [0.25, 0.3) is 0 Å². The summed E-state index contributed by atoms with van der Waals surface area (Å²) in [7, 11) is 2.17. The van der Waals surface area contributed by atoms with Crippen LogP contribution >= 0.6 is 9.24 Å². The van der Waals surface area contributed by atoms with Gasteiger partial charge < -0.3 is 16.2 Å². The Bertz CT molecular complexity index is 273. The van der Waals surface area contributed by atoms with Gasteiger partial charge in [-0.15, -0.1) is 9.24 Å². The van der Waals surface area contributed by atoms with Crippen molar-refractivity contribution in [3.05, 3.63) is 0 Å². The van der Waals surface area contributed by atoms with Crippen LogP contribution in [-0.4, -0.2) is 35.1 Å².